The van der Waals surface area contributed by atoms with E-state index in [9.17, 15) is 19.7 Å². The number of hydrogen-bond donors (Lipinski definition) is 1. The standard InChI is InChI=1S/C15H16N2O6S/c1-9(14(18)16-5-6-22-2)23-15(19)13-8-10-7-11(17(20)21)3-4-12(10)24-13/h3-4,7-9H,5-6H2,1-2H3,(H,16,18)/t9-/m1/s1. The first kappa shape index (κ1) is 17.8. The lowest BCUT2D eigenvalue weighted by Crippen LogP contribution is -2.37. The van der Waals surface area contributed by atoms with Crippen molar-refractivity contribution < 1.29 is 24.0 Å². The first-order valence-corrected chi connectivity index (χ1v) is 7.89. The molecular weight excluding hydrogens is 336 g/mol. The molecule has 0 aliphatic rings. The number of benzene rings is 1. The van der Waals surface area contributed by atoms with Crippen LogP contribution in [-0.2, 0) is 14.3 Å². The molecule has 0 spiro atoms. The number of carbonyl (C=O) groups is 2. The van der Waals surface area contributed by atoms with Gasteiger partial charge in [0.15, 0.2) is 6.10 Å². The zero-order chi connectivity index (χ0) is 17.7. The van der Waals surface area contributed by atoms with Gasteiger partial charge in [-0.1, -0.05) is 0 Å². The van der Waals surface area contributed by atoms with E-state index in [1.54, 1.807) is 6.07 Å². The van der Waals surface area contributed by atoms with Crippen LogP contribution in [0.25, 0.3) is 10.1 Å². The van der Waals surface area contributed by atoms with Gasteiger partial charge in [-0.05, 0) is 19.1 Å². The first-order valence-electron chi connectivity index (χ1n) is 7.08. The highest BCUT2D eigenvalue weighted by Crippen LogP contribution is 2.29. The van der Waals surface area contributed by atoms with E-state index in [1.807, 2.05) is 0 Å². The Morgan fingerprint density at radius 1 is 1.38 bits per heavy atom. The molecule has 0 aliphatic heterocycles. The molecule has 1 heterocycles. The van der Waals surface area contributed by atoms with E-state index in [0.29, 0.717) is 18.5 Å². The summed E-state index contributed by atoms with van der Waals surface area (Å²) in [6.07, 6.45) is -0.950. The minimum absolute atomic E-state index is 0.0499. The molecule has 1 N–H and O–H groups in total. The number of ether oxygens (including phenoxy) is 2. The highest BCUT2D eigenvalue weighted by Gasteiger charge is 2.20. The molecule has 0 radical (unpaired) electrons. The van der Waals surface area contributed by atoms with Crippen LogP contribution in [0.15, 0.2) is 24.3 Å². The van der Waals surface area contributed by atoms with Gasteiger partial charge in [0.25, 0.3) is 11.6 Å². The molecule has 0 unspecified atom stereocenters. The fraction of sp³-hybridized carbons (Fsp3) is 0.333. The average Bonchev–Trinajstić information content (AvgIpc) is 2.98. The van der Waals surface area contributed by atoms with E-state index >= 15 is 0 Å². The number of nitrogens with one attached hydrogen (secondary N) is 1. The lowest BCUT2D eigenvalue weighted by atomic mass is 10.2. The van der Waals surface area contributed by atoms with Gasteiger partial charge in [-0.25, -0.2) is 4.79 Å². The Kier molecular flexibility index (Phi) is 5.83. The van der Waals surface area contributed by atoms with E-state index in [1.165, 1.54) is 32.2 Å². The molecule has 0 aliphatic carbocycles. The molecule has 0 fully saturated rings. The summed E-state index contributed by atoms with van der Waals surface area (Å²) in [4.78, 5) is 34.4. The van der Waals surface area contributed by atoms with Gasteiger partial charge in [-0.3, -0.25) is 14.9 Å². The van der Waals surface area contributed by atoms with Gasteiger partial charge in [-0.2, -0.15) is 0 Å². The SMILES string of the molecule is COCCNC(=O)[C@@H](C)OC(=O)c1cc2cc([N+](=O)[O-])ccc2s1. The van der Waals surface area contributed by atoms with Crippen molar-refractivity contribution in [3.63, 3.8) is 0 Å². The molecule has 1 atom stereocenters. The Bertz CT molecular complexity index is 772. The number of fused-ring (bicyclic) bond motifs is 1. The Balaban J connectivity index is 2.05. The molecule has 0 saturated heterocycles. The summed E-state index contributed by atoms with van der Waals surface area (Å²) in [6, 6.07) is 5.87. The van der Waals surface area contributed by atoms with E-state index < -0.39 is 22.9 Å². The molecule has 1 amide bonds. The minimum Gasteiger partial charge on any atom is -0.448 e. The van der Waals surface area contributed by atoms with Crippen molar-refractivity contribution in [2.75, 3.05) is 20.3 Å². The number of non-ortho nitro benzene ring substituents is 1. The number of thiophene rings is 1. The number of hydrogen-bond acceptors (Lipinski definition) is 7. The van der Waals surface area contributed by atoms with Gasteiger partial charge in [0.05, 0.1) is 11.5 Å². The number of esters is 1. The summed E-state index contributed by atoms with van der Waals surface area (Å²) < 4.78 is 10.7. The molecule has 128 valence electrons. The minimum atomic E-state index is -0.950. The second kappa shape index (κ2) is 7.84. The maximum Gasteiger partial charge on any atom is 0.349 e. The summed E-state index contributed by atoms with van der Waals surface area (Å²) in [6.45, 7) is 2.16. The van der Waals surface area contributed by atoms with Gasteiger partial charge >= 0.3 is 5.97 Å². The van der Waals surface area contributed by atoms with Crippen LogP contribution in [0.2, 0.25) is 0 Å². The fourth-order valence-corrected chi connectivity index (χ4v) is 2.86. The van der Waals surface area contributed by atoms with Crippen molar-refractivity contribution in [2.45, 2.75) is 13.0 Å². The molecule has 9 heteroatoms. The first-order chi connectivity index (χ1) is 11.4. The van der Waals surface area contributed by atoms with Crippen molar-refractivity contribution in [3.8, 4) is 0 Å². The third-order valence-corrected chi connectivity index (χ3v) is 4.27. The Labute approximate surface area is 141 Å². The highest BCUT2D eigenvalue weighted by atomic mass is 32.1. The lowest BCUT2D eigenvalue weighted by Gasteiger charge is -2.12. The molecule has 0 saturated carbocycles. The van der Waals surface area contributed by atoms with Crippen LogP contribution in [0.5, 0.6) is 0 Å². The van der Waals surface area contributed by atoms with Crippen molar-refractivity contribution in [3.05, 3.63) is 39.3 Å². The van der Waals surface area contributed by atoms with Crippen molar-refractivity contribution >= 4 is 39.0 Å². The predicted molar refractivity (Wildman–Crippen MR) is 88.2 cm³/mol. The van der Waals surface area contributed by atoms with Crippen molar-refractivity contribution in [2.24, 2.45) is 0 Å². The smallest absolute Gasteiger partial charge is 0.349 e. The highest BCUT2D eigenvalue weighted by molar-refractivity contribution is 7.20. The van der Waals surface area contributed by atoms with Crippen molar-refractivity contribution in [1.29, 1.82) is 0 Å². The summed E-state index contributed by atoms with van der Waals surface area (Å²) in [5, 5.41) is 13.9. The van der Waals surface area contributed by atoms with Crippen LogP contribution in [0.3, 0.4) is 0 Å². The molecular formula is C15H16N2O6S. The van der Waals surface area contributed by atoms with Gasteiger partial charge in [0.2, 0.25) is 0 Å². The number of nitrogens with zero attached hydrogens (tertiary/aromatic N) is 1. The predicted octanol–water partition coefficient (Wildman–Crippen LogP) is 2.12. The van der Waals surface area contributed by atoms with Gasteiger partial charge in [0, 0.05) is 35.9 Å². The largest absolute Gasteiger partial charge is 0.448 e. The summed E-state index contributed by atoms with van der Waals surface area (Å²) >= 11 is 1.15. The molecule has 24 heavy (non-hydrogen) atoms. The molecule has 2 rings (SSSR count). The summed E-state index contributed by atoms with van der Waals surface area (Å²) in [5.41, 5.74) is -0.0499. The Morgan fingerprint density at radius 3 is 2.79 bits per heavy atom. The summed E-state index contributed by atoms with van der Waals surface area (Å²) in [7, 11) is 1.52. The average molecular weight is 352 g/mol. The van der Waals surface area contributed by atoms with Crippen LogP contribution < -0.4 is 5.32 Å². The normalized spacial score (nSPS) is 11.9. The van der Waals surface area contributed by atoms with Crippen LogP contribution in [-0.4, -0.2) is 43.2 Å². The van der Waals surface area contributed by atoms with Crippen LogP contribution in [0.1, 0.15) is 16.6 Å². The van der Waals surface area contributed by atoms with E-state index in [2.05, 4.69) is 5.32 Å². The zero-order valence-corrected chi connectivity index (χ0v) is 13.9. The van der Waals surface area contributed by atoms with Crippen molar-refractivity contribution in [1.82, 2.24) is 5.32 Å². The third-order valence-electron chi connectivity index (χ3n) is 3.17. The maximum absolute atomic E-state index is 12.1. The van der Waals surface area contributed by atoms with Gasteiger partial charge < -0.3 is 14.8 Å². The second-order valence-electron chi connectivity index (χ2n) is 4.92. The van der Waals surface area contributed by atoms with E-state index in [0.717, 1.165) is 16.0 Å². The number of amides is 1. The molecule has 1 aromatic carbocycles. The quantitative estimate of drug-likeness (QED) is 0.354. The van der Waals surface area contributed by atoms with E-state index in [4.69, 9.17) is 9.47 Å². The molecule has 1 aromatic heterocycles. The maximum atomic E-state index is 12.1. The second-order valence-corrected chi connectivity index (χ2v) is 6.01. The Hall–Kier alpha value is -2.52. The van der Waals surface area contributed by atoms with E-state index in [-0.39, 0.29) is 10.6 Å². The number of methoxy groups -OCH3 is 1. The summed E-state index contributed by atoms with van der Waals surface area (Å²) in [5.74, 6) is -1.06. The van der Waals surface area contributed by atoms with Crippen LogP contribution >= 0.6 is 11.3 Å². The van der Waals surface area contributed by atoms with Crippen LogP contribution in [0.4, 0.5) is 5.69 Å². The number of nitro benzene ring substituents is 1. The topological polar surface area (TPSA) is 108 Å². The molecule has 8 nitrogen and oxygen atoms in total. The monoisotopic (exact) mass is 352 g/mol. The Morgan fingerprint density at radius 2 is 2.12 bits per heavy atom. The van der Waals surface area contributed by atoms with Gasteiger partial charge in [0.1, 0.15) is 4.88 Å². The number of rotatable bonds is 7. The third kappa shape index (κ3) is 4.27. The molecule has 0 bridgehead atoms. The number of carbonyl (C=O) groups excluding carboxylic acids is 2. The number of nitro groups is 1. The fourth-order valence-electron chi connectivity index (χ4n) is 1.94. The van der Waals surface area contributed by atoms with Crippen LogP contribution in [0, 0.1) is 10.1 Å². The lowest BCUT2D eigenvalue weighted by molar-refractivity contribution is -0.384. The van der Waals surface area contributed by atoms with Gasteiger partial charge in [-0.15, -0.1) is 11.3 Å². The molecule has 2 aromatic rings. The zero-order valence-electron chi connectivity index (χ0n) is 13.1.